The van der Waals surface area contributed by atoms with E-state index in [1.165, 1.54) is 12.6 Å². The molecule has 0 saturated carbocycles. The molecule has 2 atom stereocenters. The number of piperidine rings is 1. The molecule has 20 heavy (non-hydrogen) atoms. The lowest BCUT2D eigenvalue weighted by Gasteiger charge is -2.37. The van der Waals surface area contributed by atoms with E-state index in [4.69, 9.17) is 5.73 Å². The summed E-state index contributed by atoms with van der Waals surface area (Å²) in [4.78, 5) is 17.0. The van der Waals surface area contributed by atoms with Gasteiger partial charge >= 0.3 is 5.82 Å². The van der Waals surface area contributed by atoms with Gasteiger partial charge in [-0.15, -0.1) is 0 Å². The molecule has 2 unspecified atom stereocenters. The van der Waals surface area contributed by atoms with Crippen molar-refractivity contribution in [2.24, 2.45) is 11.7 Å². The van der Waals surface area contributed by atoms with Gasteiger partial charge in [0, 0.05) is 26.1 Å². The van der Waals surface area contributed by atoms with Crippen LogP contribution in [0.4, 0.5) is 5.82 Å². The summed E-state index contributed by atoms with van der Waals surface area (Å²) in [5, 5.41) is 11.0. The van der Waals surface area contributed by atoms with Crippen molar-refractivity contribution in [3.63, 3.8) is 0 Å². The first kappa shape index (κ1) is 14.9. The van der Waals surface area contributed by atoms with Crippen molar-refractivity contribution in [3.05, 3.63) is 22.1 Å². The minimum absolute atomic E-state index is 0.0718. The van der Waals surface area contributed by atoms with Gasteiger partial charge in [-0.25, -0.2) is 9.55 Å². The highest BCUT2D eigenvalue weighted by atomic mass is 16.6. The van der Waals surface area contributed by atoms with Gasteiger partial charge in [-0.2, -0.15) is 0 Å². The van der Waals surface area contributed by atoms with E-state index >= 15 is 0 Å². The second-order valence-corrected chi connectivity index (χ2v) is 5.60. The first-order valence-corrected chi connectivity index (χ1v) is 7.13. The maximum Gasteiger partial charge on any atom is 0.342 e. The van der Waals surface area contributed by atoms with Gasteiger partial charge in [-0.1, -0.05) is 0 Å². The molecule has 0 aromatic carbocycles. The van der Waals surface area contributed by atoms with Crippen LogP contribution in [0.1, 0.15) is 25.6 Å². The summed E-state index contributed by atoms with van der Waals surface area (Å²) in [7, 11) is 0. The highest BCUT2D eigenvalue weighted by Gasteiger charge is 2.26. The molecule has 0 radical (unpaired) electrons. The summed E-state index contributed by atoms with van der Waals surface area (Å²) in [5.74, 6) is 1.31. The fourth-order valence-electron chi connectivity index (χ4n) is 2.87. The number of aryl methyl sites for hydroxylation is 1. The topological polar surface area (TPSA) is 90.2 Å². The van der Waals surface area contributed by atoms with Crippen LogP contribution in [0.2, 0.25) is 0 Å². The van der Waals surface area contributed by atoms with Crippen LogP contribution in [-0.4, -0.2) is 45.1 Å². The molecule has 1 saturated heterocycles. The van der Waals surface area contributed by atoms with Gasteiger partial charge in [-0.3, -0.25) is 4.90 Å². The smallest absolute Gasteiger partial charge is 0.342 e. The maximum atomic E-state index is 11.0. The normalized spacial score (nSPS) is 23.9. The van der Waals surface area contributed by atoms with E-state index in [-0.39, 0.29) is 10.7 Å². The Bertz CT molecular complexity index is 473. The Hall–Kier alpha value is -1.47. The van der Waals surface area contributed by atoms with Gasteiger partial charge in [0.25, 0.3) is 0 Å². The largest absolute Gasteiger partial charge is 0.358 e. The molecule has 2 heterocycles. The Balaban J connectivity index is 2.01. The van der Waals surface area contributed by atoms with Gasteiger partial charge in [0.15, 0.2) is 5.82 Å². The summed E-state index contributed by atoms with van der Waals surface area (Å²) in [5.41, 5.74) is 5.76. The summed E-state index contributed by atoms with van der Waals surface area (Å²) in [6.45, 7) is 7.11. The number of likely N-dealkylation sites (tertiary alicyclic amines) is 1. The lowest BCUT2D eigenvalue weighted by atomic mass is 9.93. The number of rotatable bonds is 5. The quantitative estimate of drug-likeness (QED) is 0.646. The van der Waals surface area contributed by atoms with E-state index in [1.54, 1.807) is 11.5 Å². The highest BCUT2D eigenvalue weighted by molar-refractivity contribution is 5.18. The maximum absolute atomic E-state index is 11.0. The van der Waals surface area contributed by atoms with Crippen LogP contribution in [0.15, 0.2) is 6.20 Å². The van der Waals surface area contributed by atoms with E-state index in [9.17, 15) is 10.1 Å². The molecule has 1 aliphatic rings. The molecule has 1 fully saturated rings. The van der Waals surface area contributed by atoms with Crippen LogP contribution >= 0.6 is 0 Å². The Morgan fingerprint density at radius 2 is 2.25 bits per heavy atom. The Labute approximate surface area is 118 Å². The highest BCUT2D eigenvalue weighted by Crippen LogP contribution is 2.21. The number of imidazole rings is 1. The molecule has 0 spiro atoms. The number of hydrogen-bond donors (Lipinski definition) is 1. The second-order valence-electron chi connectivity index (χ2n) is 5.60. The molecular weight excluding hydrogens is 258 g/mol. The first-order valence-electron chi connectivity index (χ1n) is 7.13. The monoisotopic (exact) mass is 281 g/mol. The van der Waals surface area contributed by atoms with E-state index in [0.29, 0.717) is 30.9 Å². The van der Waals surface area contributed by atoms with E-state index < -0.39 is 0 Å². The second kappa shape index (κ2) is 6.32. The van der Waals surface area contributed by atoms with Crippen LogP contribution < -0.4 is 5.73 Å². The van der Waals surface area contributed by atoms with Crippen molar-refractivity contribution >= 4 is 5.82 Å². The predicted molar refractivity (Wildman–Crippen MR) is 76.4 cm³/mol. The summed E-state index contributed by atoms with van der Waals surface area (Å²) < 4.78 is 1.68. The molecule has 0 amide bonds. The fraction of sp³-hybridized carbons (Fsp3) is 0.769. The van der Waals surface area contributed by atoms with Crippen LogP contribution in [0.3, 0.4) is 0 Å². The van der Waals surface area contributed by atoms with Gasteiger partial charge in [0.2, 0.25) is 0 Å². The van der Waals surface area contributed by atoms with Crippen molar-refractivity contribution in [1.29, 1.82) is 0 Å². The third kappa shape index (κ3) is 3.16. The molecule has 0 bridgehead atoms. The van der Waals surface area contributed by atoms with Gasteiger partial charge in [0.1, 0.15) is 12.7 Å². The molecule has 7 heteroatoms. The molecule has 1 aliphatic heterocycles. The first-order chi connectivity index (χ1) is 9.52. The fourth-order valence-corrected chi connectivity index (χ4v) is 2.87. The van der Waals surface area contributed by atoms with Gasteiger partial charge in [0.05, 0.1) is 0 Å². The lowest BCUT2D eigenvalue weighted by molar-refractivity contribution is -0.392. The summed E-state index contributed by atoms with van der Waals surface area (Å²) in [6.07, 6.45) is 3.66. The molecule has 2 rings (SSSR count). The third-order valence-electron chi connectivity index (χ3n) is 4.27. The minimum Gasteiger partial charge on any atom is -0.358 e. The number of nitrogens with zero attached hydrogens (tertiary/aromatic N) is 4. The average molecular weight is 281 g/mol. The molecule has 1 aromatic rings. The van der Waals surface area contributed by atoms with E-state index in [2.05, 4.69) is 16.8 Å². The van der Waals surface area contributed by atoms with E-state index in [0.717, 1.165) is 19.5 Å². The molecular formula is C13H23N5O2. The molecule has 112 valence electrons. The summed E-state index contributed by atoms with van der Waals surface area (Å²) in [6, 6.07) is 0.515. The zero-order chi connectivity index (χ0) is 14.7. The van der Waals surface area contributed by atoms with Crippen molar-refractivity contribution in [2.45, 2.75) is 39.3 Å². The average Bonchev–Trinajstić information content (AvgIpc) is 2.79. The standard InChI is InChI=1S/C13H23N5O2/c1-10-3-4-12(7-14)9-16(10)5-6-17-11(2)15-8-13(17)18(19)20/h8,10,12H,3-7,9,14H2,1-2H3. The van der Waals surface area contributed by atoms with Crippen molar-refractivity contribution < 1.29 is 4.92 Å². The molecule has 2 N–H and O–H groups in total. The molecule has 7 nitrogen and oxygen atoms in total. The van der Waals surface area contributed by atoms with Crippen LogP contribution in [0.25, 0.3) is 0 Å². The zero-order valence-electron chi connectivity index (χ0n) is 12.2. The number of aromatic nitrogens is 2. The third-order valence-corrected chi connectivity index (χ3v) is 4.27. The number of hydrogen-bond acceptors (Lipinski definition) is 5. The van der Waals surface area contributed by atoms with Crippen molar-refractivity contribution in [3.8, 4) is 0 Å². The number of nitro groups is 1. The van der Waals surface area contributed by atoms with E-state index in [1.807, 2.05) is 0 Å². The Morgan fingerprint density at radius 3 is 2.90 bits per heavy atom. The Kier molecular flexibility index (Phi) is 4.72. The van der Waals surface area contributed by atoms with Crippen LogP contribution in [0.5, 0.6) is 0 Å². The summed E-state index contributed by atoms with van der Waals surface area (Å²) >= 11 is 0. The van der Waals surface area contributed by atoms with Crippen LogP contribution in [-0.2, 0) is 6.54 Å². The zero-order valence-corrected chi connectivity index (χ0v) is 12.2. The molecule has 0 aliphatic carbocycles. The van der Waals surface area contributed by atoms with Crippen molar-refractivity contribution in [2.75, 3.05) is 19.6 Å². The van der Waals surface area contributed by atoms with Gasteiger partial charge < -0.3 is 15.8 Å². The Morgan fingerprint density at radius 1 is 1.50 bits per heavy atom. The van der Waals surface area contributed by atoms with Crippen molar-refractivity contribution in [1.82, 2.24) is 14.5 Å². The molecule has 1 aromatic heterocycles. The predicted octanol–water partition coefficient (Wildman–Crippen LogP) is 1.16. The lowest BCUT2D eigenvalue weighted by Crippen LogP contribution is -2.45. The van der Waals surface area contributed by atoms with Gasteiger partial charge in [-0.05, 0) is 37.2 Å². The minimum atomic E-state index is -0.373. The van der Waals surface area contributed by atoms with Crippen LogP contribution in [0, 0.1) is 23.0 Å². The SMILES string of the molecule is Cc1ncc([N+](=O)[O-])n1CCN1CC(CN)CCC1C. The number of nitrogens with two attached hydrogens (primary N) is 1.